The Labute approximate surface area is 210 Å². The molecule has 0 aromatic rings. The van der Waals surface area contributed by atoms with Crippen LogP contribution in [0, 0.1) is 0 Å². The minimum absolute atomic E-state index is 0.0426. The summed E-state index contributed by atoms with van der Waals surface area (Å²) in [6, 6.07) is 0. The molecule has 0 amide bonds. The fourth-order valence-electron chi connectivity index (χ4n) is 3.21. The van der Waals surface area contributed by atoms with E-state index in [0.29, 0.717) is 16.0 Å². The van der Waals surface area contributed by atoms with E-state index in [9.17, 15) is 15.3 Å². The van der Waals surface area contributed by atoms with Gasteiger partial charge in [-0.2, -0.15) is 0 Å². The molecule has 3 heterocycles. The predicted molar refractivity (Wildman–Crippen MR) is 118 cm³/mol. The molecule has 3 saturated heterocycles. The van der Waals surface area contributed by atoms with E-state index in [4.69, 9.17) is 46.0 Å². The monoisotopic (exact) mass is 684 g/mol. The summed E-state index contributed by atoms with van der Waals surface area (Å²) in [5.41, 5.74) is 0. The minimum atomic E-state index is -0.873. The van der Waals surface area contributed by atoms with E-state index in [1.165, 1.54) is 0 Å². The molecule has 3 rings (SSSR count). The zero-order valence-electron chi connectivity index (χ0n) is 17.8. The van der Waals surface area contributed by atoms with Gasteiger partial charge in [0.1, 0.15) is 0 Å². The van der Waals surface area contributed by atoms with Crippen LogP contribution >= 0.6 is 0 Å². The molecule has 33 heavy (non-hydrogen) atoms. The van der Waals surface area contributed by atoms with Crippen molar-refractivity contribution in [2.75, 3.05) is 19.8 Å². The van der Waals surface area contributed by atoms with Crippen molar-refractivity contribution in [1.29, 1.82) is 0 Å². The molecule has 12 nitrogen and oxygen atoms in total. The van der Waals surface area contributed by atoms with Crippen LogP contribution in [0.1, 0.15) is 0 Å². The molecule has 0 aromatic carbocycles. The summed E-state index contributed by atoms with van der Waals surface area (Å²) < 4.78 is 0. The maximum absolute atomic E-state index is 9.25. The maximum atomic E-state index is 9.25. The average molecular weight is 681 g/mol. The molecule has 198 valence electrons. The van der Waals surface area contributed by atoms with Crippen molar-refractivity contribution in [1.82, 2.24) is 0 Å². The Kier molecular flexibility index (Phi) is 15.6. The first-order valence-corrected chi connectivity index (χ1v) is 16.9. The van der Waals surface area contributed by atoms with Gasteiger partial charge in [-0.3, -0.25) is 0 Å². The number of hydrogen-bond acceptors (Lipinski definition) is 12. The van der Waals surface area contributed by atoms with Crippen LogP contribution in [0.2, 0.25) is 30.4 Å². The van der Waals surface area contributed by atoms with Crippen LogP contribution in [0.4, 0.5) is 0 Å². The van der Waals surface area contributed by atoms with E-state index in [0.717, 1.165) is 0 Å². The van der Waals surface area contributed by atoms with Crippen LogP contribution in [-0.2, 0) is 0 Å². The molecular formula is C18H36O12Se3. The summed E-state index contributed by atoms with van der Waals surface area (Å²) in [5, 5.41) is 110. The molecule has 0 saturated carbocycles. The van der Waals surface area contributed by atoms with Crippen LogP contribution in [0.15, 0.2) is 0 Å². The fourth-order valence-corrected chi connectivity index (χ4v) is 11.4. The van der Waals surface area contributed by atoms with Crippen molar-refractivity contribution in [2.24, 2.45) is 0 Å². The Bertz CT molecular complexity index is 467. The number of hydrogen-bond donors (Lipinski definition) is 12. The van der Waals surface area contributed by atoms with Gasteiger partial charge in [-0.05, 0) is 0 Å². The van der Waals surface area contributed by atoms with Gasteiger partial charge in [0, 0.05) is 0 Å². The Morgan fingerprint density at radius 1 is 0.485 bits per heavy atom. The van der Waals surface area contributed by atoms with Gasteiger partial charge in [0.05, 0.1) is 0 Å². The second-order valence-electron chi connectivity index (χ2n) is 7.82. The van der Waals surface area contributed by atoms with Crippen LogP contribution < -0.4 is 0 Å². The molecule has 0 aromatic heterocycles. The average Bonchev–Trinajstić information content (AvgIpc) is 3.45. The Morgan fingerprint density at radius 2 is 0.697 bits per heavy atom. The quantitative estimate of drug-likeness (QED) is 0.117. The third-order valence-electron chi connectivity index (χ3n) is 5.27. The summed E-state index contributed by atoms with van der Waals surface area (Å²) in [7, 11) is 0. The zero-order valence-corrected chi connectivity index (χ0v) is 22.9. The molecular weight excluding hydrogens is 645 g/mol. The van der Waals surface area contributed by atoms with Crippen molar-refractivity contribution in [3.8, 4) is 0 Å². The molecule has 3 fully saturated rings. The van der Waals surface area contributed by atoms with Crippen molar-refractivity contribution in [3.63, 3.8) is 0 Å². The second kappa shape index (κ2) is 16.0. The third-order valence-corrected chi connectivity index (χ3v) is 14.8. The van der Waals surface area contributed by atoms with Gasteiger partial charge in [0.15, 0.2) is 0 Å². The normalized spacial score (nSPS) is 40.9. The van der Waals surface area contributed by atoms with E-state index >= 15 is 0 Å². The van der Waals surface area contributed by atoms with Gasteiger partial charge >= 0.3 is 211 Å². The van der Waals surface area contributed by atoms with Crippen LogP contribution in [0.5, 0.6) is 0 Å². The van der Waals surface area contributed by atoms with Crippen molar-refractivity contribution < 1.29 is 61.3 Å². The topological polar surface area (TPSA) is 243 Å². The Hall–Kier alpha value is 1.08. The summed E-state index contributed by atoms with van der Waals surface area (Å²) in [4.78, 5) is -0.910. The fraction of sp³-hybridized carbons (Fsp3) is 1.00. The SMILES string of the molecule is OC[C@@H](O)[C@@H]1[Se]C[C@@H](O)[C@H]1O.OC[C@@H](O)[C@@H]1[Se]C[C@H](O)[C@@H]1O.OC[C@@H](O)[C@@H]1[Se]C[C@H](O)[C@H]1O. The molecule has 12 N–H and O–H groups in total. The number of aliphatic hydroxyl groups excluding tert-OH is 12. The summed E-state index contributed by atoms with van der Waals surface area (Å²) in [5.74, 6) is 0. The second-order valence-corrected chi connectivity index (χ2v) is 15.4. The van der Waals surface area contributed by atoms with Gasteiger partial charge in [0.25, 0.3) is 0 Å². The van der Waals surface area contributed by atoms with Crippen molar-refractivity contribution in [3.05, 3.63) is 0 Å². The van der Waals surface area contributed by atoms with Crippen LogP contribution in [0.25, 0.3) is 0 Å². The van der Waals surface area contributed by atoms with E-state index in [1.807, 2.05) is 0 Å². The first kappa shape index (κ1) is 32.1. The first-order chi connectivity index (χ1) is 15.5. The molecule has 0 bridgehead atoms. The van der Waals surface area contributed by atoms with Gasteiger partial charge in [-0.25, -0.2) is 0 Å². The molecule has 3 aliphatic heterocycles. The third kappa shape index (κ3) is 9.47. The zero-order chi connectivity index (χ0) is 25.3. The van der Waals surface area contributed by atoms with E-state index in [1.54, 1.807) is 0 Å². The molecule has 12 atom stereocenters. The summed E-state index contributed by atoms with van der Waals surface area (Å²) in [6.07, 6.45) is -7.29. The molecule has 15 heteroatoms. The van der Waals surface area contributed by atoms with Crippen molar-refractivity contribution >= 4 is 44.9 Å². The van der Waals surface area contributed by atoms with Crippen LogP contribution in [-0.4, -0.2) is 181 Å². The molecule has 0 spiro atoms. The van der Waals surface area contributed by atoms with Crippen molar-refractivity contribution in [2.45, 2.75) is 85.3 Å². The van der Waals surface area contributed by atoms with Gasteiger partial charge in [0.2, 0.25) is 0 Å². The molecule has 0 radical (unpaired) electrons. The van der Waals surface area contributed by atoms with E-state index in [-0.39, 0.29) is 79.1 Å². The van der Waals surface area contributed by atoms with Gasteiger partial charge < -0.3 is 0 Å². The first-order valence-electron chi connectivity index (χ1n) is 10.3. The number of aliphatic hydroxyl groups is 12. The Balaban J connectivity index is 0.000000247. The van der Waals surface area contributed by atoms with Crippen LogP contribution in [0.3, 0.4) is 0 Å². The van der Waals surface area contributed by atoms with E-state index < -0.39 is 54.9 Å². The van der Waals surface area contributed by atoms with Gasteiger partial charge in [-0.1, -0.05) is 0 Å². The van der Waals surface area contributed by atoms with E-state index in [2.05, 4.69) is 0 Å². The summed E-state index contributed by atoms with van der Waals surface area (Å²) >= 11 is 0.128. The molecule has 0 aliphatic carbocycles. The predicted octanol–water partition coefficient (Wildman–Crippen LogP) is -6.04. The molecule has 0 unspecified atom stereocenters. The number of rotatable bonds is 6. The summed E-state index contributed by atoms with van der Waals surface area (Å²) in [6.45, 7) is -1.01. The Morgan fingerprint density at radius 3 is 0.818 bits per heavy atom. The standard InChI is InChI=1S/3C6H12O4Se/c3*7-1-3(8)6-5(10)4(9)2-11-6/h3*3-10H,1-2H2/t3-,4+,5+,6+;3-,4+,5-,6+;3-,4-,5-,6+/m111/s1. The molecule has 3 aliphatic rings. The van der Waals surface area contributed by atoms with Gasteiger partial charge in [-0.15, -0.1) is 0 Å².